The molecule has 0 bridgehead atoms. The molecule has 2 aliphatic rings. The van der Waals surface area contributed by atoms with Gasteiger partial charge in [0.1, 0.15) is 0 Å². The molecule has 0 spiro atoms. The maximum atomic E-state index is 12.4. The predicted molar refractivity (Wildman–Crippen MR) is 117 cm³/mol. The molecule has 1 aromatic rings. The highest BCUT2D eigenvalue weighted by atomic mass is 16.2. The SMILES string of the molecule is CC(=O)N1CCC(Cc2ccc(C(=O)NCCN(C)C3CCCCC3)cc2)CC1. The lowest BCUT2D eigenvalue weighted by molar-refractivity contribution is -0.130. The van der Waals surface area contributed by atoms with Crippen molar-refractivity contribution in [1.82, 2.24) is 15.1 Å². The Morgan fingerprint density at radius 1 is 1.03 bits per heavy atom. The minimum Gasteiger partial charge on any atom is -0.351 e. The number of carbonyl (C=O) groups excluding carboxylic acids is 2. The van der Waals surface area contributed by atoms with E-state index in [2.05, 4.69) is 29.4 Å². The summed E-state index contributed by atoms with van der Waals surface area (Å²) in [5, 5.41) is 3.07. The zero-order valence-electron chi connectivity index (χ0n) is 18.2. The van der Waals surface area contributed by atoms with Crippen LogP contribution in [0.2, 0.25) is 0 Å². The molecule has 1 heterocycles. The van der Waals surface area contributed by atoms with Crippen molar-refractivity contribution in [3.8, 4) is 0 Å². The topological polar surface area (TPSA) is 52.7 Å². The van der Waals surface area contributed by atoms with Gasteiger partial charge in [0.2, 0.25) is 5.91 Å². The van der Waals surface area contributed by atoms with E-state index in [4.69, 9.17) is 0 Å². The van der Waals surface area contributed by atoms with Crippen molar-refractivity contribution in [2.24, 2.45) is 5.92 Å². The van der Waals surface area contributed by atoms with Crippen molar-refractivity contribution in [2.75, 3.05) is 33.2 Å². The number of likely N-dealkylation sites (tertiary alicyclic amines) is 1. The van der Waals surface area contributed by atoms with Crippen LogP contribution in [-0.4, -0.2) is 60.9 Å². The van der Waals surface area contributed by atoms with E-state index in [0.29, 0.717) is 18.5 Å². The first-order chi connectivity index (χ1) is 14.0. The molecule has 5 nitrogen and oxygen atoms in total. The first-order valence-corrected chi connectivity index (χ1v) is 11.4. The fourth-order valence-corrected chi connectivity index (χ4v) is 4.73. The zero-order valence-corrected chi connectivity index (χ0v) is 18.2. The van der Waals surface area contributed by atoms with Gasteiger partial charge in [-0.1, -0.05) is 31.4 Å². The average Bonchev–Trinajstić information content (AvgIpc) is 2.75. The van der Waals surface area contributed by atoms with E-state index in [-0.39, 0.29) is 11.8 Å². The summed E-state index contributed by atoms with van der Waals surface area (Å²) in [5.74, 6) is 0.827. The third kappa shape index (κ3) is 6.56. The first-order valence-electron chi connectivity index (χ1n) is 11.4. The molecule has 1 saturated carbocycles. The second kappa shape index (κ2) is 10.8. The molecule has 1 saturated heterocycles. The molecule has 160 valence electrons. The highest BCUT2D eigenvalue weighted by Gasteiger charge is 2.21. The van der Waals surface area contributed by atoms with E-state index < -0.39 is 0 Å². The highest BCUT2D eigenvalue weighted by Crippen LogP contribution is 2.22. The number of hydrogen-bond donors (Lipinski definition) is 1. The molecule has 1 aromatic carbocycles. The summed E-state index contributed by atoms with van der Waals surface area (Å²) >= 11 is 0. The molecule has 5 heteroatoms. The smallest absolute Gasteiger partial charge is 0.251 e. The summed E-state index contributed by atoms with van der Waals surface area (Å²) in [6, 6.07) is 8.74. The van der Waals surface area contributed by atoms with Gasteiger partial charge < -0.3 is 15.1 Å². The number of likely N-dealkylation sites (N-methyl/N-ethyl adjacent to an activating group) is 1. The minimum atomic E-state index is 0.0170. The number of rotatable bonds is 7. The van der Waals surface area contributed by atoms with E-state index in [1.54, 1.807) is 6.92 Å². The normalized spacial score (nSPS) is 18.8. The molecule has 0 aromatic heterocycles. The third-order valence-corrected chi connectivity index (χ3v) is 6.75. The number of nitrogens with one attached hydrogen (secondary N) is 1. The number of nitrogens with zero attached hydrogens (tertiary/aromatic N) is 2. The van der Waals surface area contributed by atoms with E-state index >= 15 is 0 Å². The van der Waals surface area contributed by atoms with E-state index in [1.807, 2.05) is 17.0 Å². The van der Waals surface area contributed by atoms with E-state index in [0.717, 1.165) is 44.5 Å². The summed E-state index contributed by atoms with van der Waals surface area (Å²) in [6.07, 6.45) is 9.79. The standard InChI is InChI=1S/C24H37N3O2/c1-19(28)27-15-12-21(13-16-27)18-20-8-10-22(11-9-20)24(29)25-14-17-26(2)23-6-4-3-5-7-23/h8-11,21,23H,3-7,12-18H2,1-2H3,(H,25,29). The second-order valence-electron chi connectivity index (χ2n) is 8.88. The Balaban J connectivity index is 1.39. The number of benzene rings is 1. The molecule has 0 unspecified atom stereocenters. The van der Waals surface area contributed by atoms with Crippen molar-refractivity contribution in [3.63, 3.8) is 0 Å². The number of hydrogen-bond acceptors (Lipinski definition) is 3. The van der Waals surface area contributed by atoms with Gasteiger partial charge in [-0.3, -0.25) is 9.59 Å². The Hall–Kier alpha value is -1.88. The summed E-state index contributed by atoms with van der Waals surface area (Å²) in [7, 11) is 2.18. The van der Waals surface area contributed by atoms with Gasteiger partial charge in [0.05, 0.1) is 0 Å². The first kappa shape index (κ1) is 21.8. The number of piperidine rings is 1. The van der Waals surface area contributed by atoms with Crippen LogP contribution in [-0.2, 0) is 11.2 Å². The van der Waals surface area contributed by atoms with Crippen LogP contribution in [0.15, 0.2) is 24.3 Å². The minimum absolute atomic E-state index is 0.0170. The largest absolute Gasteiger partial charge is 0.351 e. The Morgan fingerprint density at radius 2 is 1.69 bits per heavy atom. The van der Waals surface area contributed by atoms with Crippen LogP contribution in [0.25, 0.3) is 0 Å². The Bertz CT molecular complexity index is 659. The maximum Gasteiger partial charge on any atom is 0.251 e. The molecule has 1 N–H and O–H groups in total. The molecule has 29 heavy (non-hydrogen) atoms. The van der Waals surface area contributed by atoms with E-state index in [1.165, 1.54) is 37.7 Å². The second-order valence-corrected chi connectivity index (χ2v) is 8.88. The van der Waals surface area contributed by atoms with Crippen molar-refractivity contribution in [2.45, 2.75) is 64.3 Å². The fraction of sp³-hybridized carbons (Fsp3) is 0.667. The summed E-state index contributed by atoms with van der Waals surface area (Å²) in [6.45, 7) is 5.00. The molecular weight excluding hydrogens is 362 g/mol. The summed E-state index contributed by atoms with van der Waals surface area (Å²) in [5.41, 5.74) is 2.01. The van der Waals surface area contributed by atoms with Crippen molar-refractivity contribution < 1.29 is 9.59 Å². The molecule has 1 aliphatic heterocycles. The number of carbonyl (C=O) groups is 2. The van der Waals surface area contributed by atoms with Gasteiger partial charge in [0.25, 0.3) is 5.91 Å². The van der Waals surface area contributed by atoms with E-state index in [9.17, 15) is 9.59 Å². The van der Waals surface area contributed by atoms with Crippen LogP contribution < -0.4 is 5.32 Å². The van der Waals surface area contributed by atoms with Gasteiger partial charge in [-0.05, 0) is 62.8 Å². The van der Waals surface area contributed by atoms with Gasteiger partial charge in [-0.25, -0.2) is 0 Å². The number of amides is 2. The van der Waals surface area contributed by atoms with Gasteiger partial charge in [0.15, 0.2) is 0 Å². The molecule has 3 rings (SSSR count). The Kier molecular flexibility index (Phi) is 8.10. The summed E-state index contributed by atoms with van der Waals surface area (Å²) in [4.78, 5) is 28.2. The lowest BCUT2D eigenvalue weighted by Crippen LogP contribution is -2.39. The monoisotopic (exact) mass is 399 g/mol. The zero-order chi connectivity index (χ0) is 20.6. The molecule has 0 radical (unpaired) electrons. The quantitative estimate of drug-likeness (QED) is 0.764. The fourth-order valence-electron chi connectivity index (χ4n) is 4.73. The Morgan fingerprint density at radius 3 is 2.31 bits per heavy atom. The maximum absolute atomic E-state index is 12.4. The van der Waals surface area contributed by atoms with Crippen LogP contribution in [0.4, 0.5) is 0 Å². The van der Waals surface area contributed by atoms with Crippen LogP contribution in [0.3, 0.4) is 0 Å². The molecular formula is C24H37N3O2. The highest BCUT2D eigenvalue weighted by molar-refractivity contribution is 5.94. The van der Waals surface area contributed by atoms with Crippen LogP contribution in [0, 0.1) is 5.92 Å². The predicted octanol–water partition coefficient (Wildman–Crippen LogP) is 3.48. The van der Waals surface area contributed by atoms with Crippen LogP contribution >= 0.6 is 0 Å². The van der Waals surface area contributed by atoms with Gasteiger partial charge in [0, 0.05) is 44.7 Å². The van der Waals surface area contributed by atoms with Crippen LogP contribution in [0.1, 0.15) is 67.8 Å². The Labute approximate surface area is 175 Å². The van der Waals surface area contributed by atoms with Gasteiger partial charge >= 0.3 is 0 Å². The molecule has 2 amide bonds. The van der Waals surface area contributed by atoms with Crippen molar-refractivity contribution in [3.05, 3.63) is 35.4 Å². The molecule has 0 atom stereocenters. The van der Waals surface area contributed by atoms with Gasteiger partial charge in [-0.2, -0.15) is 0 Å². The van der Waals surface area contributed by atoms with Gasteiger partial charge in [-0.15, -0.1) is 0 Å². The third-order valence-electron chi connectivity index (χ3n) is 6.75. The average molecular weight is 400 g/mol. The van der Waals surface area contributed by atoms with Crippen molar-refractivity contribution in [1.29, 1.82) is 0 Å². The molecule has 1 aliphatic carbocycles. The summed E-state index contributed by atoms with van der Waals surface area (Å²) < 4.78 is 0. The van der Waals surface area contributed by atoms with Crippen molar-refractivity contribution >= 4 is 11.8 Å². The molecule has 2 fully saturated rings. The lowest BCUT2D eigenvalue weighted by Gasteiger charge is -2.31. The lowest BCUT2D eigenvalue weighted by atomic mass is 9.90. The van der Waals surface area contributed by atoms with Crippen LogP contribution in [0.5, 0.6) is 0 Å².